The lowest BCUT2D eigenvalue weighted by atomic mass is 10.2. The van der Waals surface area contributed by atoms with Crippen molar-refractivity contribution in [2.24, 2.45) is 0 Å². The maximum Gasteiger partial charge on any atom is 0.233 e. The average molecular weight is 387 g/mol. The lowest BCUT2D eigenvalue weighted by Gasteiger charge is -2.15. The van der Waals surface area contributed by atoms with Gasteiger partial charge in [-0.25, -0.2) is 0 Å². The fraction of sp³-hybridized carbons (Fsp3) is 0.550. The standard InChI is InChI=1S/C20H26N4O2S/c1-14(19(25)21-12-17-8-5-11-26-17)27-20-23-22-18(16-9-10-16)24(20)13-15-6-3-2-4-7-15/h2-4,6-7,14,16-17H,5,8-13H2,1H3,(H,21,25). The molecule has 1 saturated heterocycles. The van der Waals surface area contributed by atoms with Gasteiger partial charge >= 0.3 is 0 Å². The van der Waals surface area contributed by atoms with Crippen LogP contribution in [0.15, 0.2) is 35.5 Å². The Morgan fingerprint density at radius 1 is 1.30 bits per heavy atom. The molecule has 2 unspecified atom stereocenters. The number of benzene rings is 1. The SMILES string of the molecule is CC(Sc1nnc(C2CC2)n1Cc1ccccc1)C(=O)NCC1CCCO1. The van der Waals surface area contributed by atoms with Gasteiger partial charge in [-0.15, -0.1) is 10.2 Å². The van der Waals surface area contributed by atoms with Crippen LogP contribution in [0.3, 0.4) is 0 Å². The van der Waals surface area contributed by atoms with E-state index in [0.717, 1.165) is 37.0 Å². The van der Waals surface area contributed by atoms with Crippen LogP contribution in [0, 0.1) is 0 Å². The molecule has 6 nitrogen and oxygen atoms in total. The number of hydrogen-bond acceptors (Lipinski definition) is 5. The molecule has 1 saturated carbocycles. The smallest absolute Gasteiger partial charge is 0.233 e. The summed E-state index contributed by atoms with van der Waals surface area (Å²) in [7, 11) is 0. The summed E-state index contributed by atoms with van der Waals surface area (Å²) in [6.07, 6.45) is 4.62. The van der Waals surface area contributed by atoms with Crippen molar-refractivity contribution >= 4 is 17.7 Å². The summed E-state index contributed by atoms with van der Waals surface area (Å²) >= 11 is 1.48. The van der Waals surface area contributed by atoms with Crippen LogP contribution >= 0.6 is 11.8 Å². The van der Waals surface area contributed by atoms with E-state index in [1.165, 1.54) is 30.2 Å². The van der Waals surface area contributed by atoms with Crippen molar-refractivity contribution in [2.75, 3.05) is 13.2 Å². The number of aromatic nitrogens is 3. The van der Waals surface area contributed by atoms with Crippen molar-refractivity contribution in [2.45, 2.75) is 61.6 Å². The summed E-state index contributed by atoms with van der Waals surface area (Å²) in [4.78, 5) is 12.5. The average Bonchev–Trinajstić information content (AvgIpc) is 3.25. The fourth-order valence-electron chi connectivity index (χ4n) is 3.32. The zero-order chi connectivity index (χ0) is 18.6. The van der Waals surface area contributed by atoms with E-state index < -0.39 is 0 Å². The molecule has 2 atom stereocenters. The van der Waals surface area contributed by atoms with Gasteiger partial charge in [0.1, 0.15) is 5.82 Å². The van der Waals surface area contributed by atoms with E-state index in [1.54, 1.807) is 0 Å². The summed E-state index contributed by atoms with van der Waals surface area (Å²) in [5.74, 6) is 1.59. The van der Waals surface area contributed by atoms with Crippen LogP contribution in [-0.2, 0) is 16.1 Å². The van der Waals surface area contributed by atoms with Crippen LogP contribution in [0.1, 0.15) is 49.9 Å². The van der Waals surface area contributed by atoms with Gasteiger partial charge in [0.25, 0.3) is 0 Å². The van der Waals surface area contributed by atoms with Crippen LogP contribution in [-0.4, -0.2) is 45.2 Å². The Morgan fingerprint density at radius 2 is 2.11 bits per heavy atom. The lowest BCUT2D eigenvalue weighted by molar-refractivity contribution is -0.120. The van der Waals surface area contributed by atoms with Crippen LogP contribution < -0.4 is 5.32 Å². The molecule has 1 N–H and O–H groups in total. The third kappa shape index (κ3) is 4.71. The maximum absolute atomic E-state index is 12.5. The number of ether oxygens (including phenoxy) is 1. The molecule has 2 aromatic rings. The third-order valence-electron chi connectivity index (χ3n) is 5.05. The molecule has 27 heavy (non-hydrogen) atoms. The predicted molar refractivity (Wildman–Crippen MR) is 105 cm³/mol. The minimum Gasteiger partial charge on any atom is -0.376 e. The minimum absolute atomic E-state index is 0.0257. The second-order valence-electron chi connectivity index (χ2n) is 7.33. The number of thioether (sulfide) groups is 1. The summed E-state index contributed by atoms with van der Waals surface area (Å²) in [6, 6.07) is 10.3. The molecule has 1 aliphatic heterocycles. The van der Waals surface area contributed by atoms with Crippen molar-refractivity contribution in [3.05, 3.63) is 41.7 Å². The van der Waals surface area contributed by atoms with Gasteiger partial charge in [0.2, 0.25) is 5.91 Å². The topological polar surface area (TPSA) is 69.0 Å². The first kappa shape index (κ1) is 18.5. The molecule has 4 rings (SSSR count). The second kappa shape index (κ2) is 8.44. The van der Waals surface area contributed by atoms with Crippen LogP contribution in [0.4, 0.5) is 0 Å². The lowest BCUT2D eigenvalue weighted by Crippen LogP contribution is -2.36. The van der Waals surface area contributed by atoms with E-state index in [0.29, 0.717) is 12.5 Å². The molecule has 7 heteroatoms. The highest BCUT2D eigenvalue weighted by atomic mass is 32.2. The van der Waals surface area contributed by atoms with E-state index >= 15 is 0 Å². The first-order chi connectivity index (χ1) is 13.2. The molecule has 0 radical (unpaired) electrons. The van der Waals surface area contributed by atoms with Crippen molar-refractivity contribution in [1.29, 1.82) is 0 Å². The Labute approximate surface area is 164 Å². The number of rotatable bonds is 8. The van der Waals surface area contributed by atoms with Crippen molar-refractivity contribution in [1.82, 2.24) is 20.1 Å². The van der Waals surface area contributed by atoms with E-state index in [-0.39, 0.29) is 17.3 Å². The highest BCUT2D eigenvalue weighted by molar-refractivity contribution is 8.00. The molecule has 0 spiro atoms. The summed E-state index contributed by atoms with van der Waals surface area (Å²) < 4.78 is 7.76. The number of carbonyl (C=O) groups excluding carboxylic acids is 1. The normalized spacial score (nSPS) is 20.6. The van der Waals surface area contributed by atoms with Crippen molar-refractivity contribution in [3.63, 3.8) is 0 Å². The molecule has 1 amide bonds. The Bertz CT molecular complexity index is 770. The molecule has 1 aliphatic carbocycles. The third-order valence-corrected chi connectivity index (χ3v) is 6.13. The molecular weight excluding hydrogens is 360 g/mol. The number of nitrogens with zero attached hydrogens (tertiary/aromatic N) is 3. The van der Waals surface area contributed by atoms with Gasteiger partial charge in [-0.3, -0.25) is 4.79 Å². The van der Waals surface area contributed by atoms with E-state index in [9.17, 15) is 4.79 Å². The largest absolute Gasteiger partial charge is 0.376 e. The Morgan fingerprint density at radius 3 is 2.81 bits per heavy atom. The Balaban J connectivity index is 1.42. The van der Waals surface area contributed by atoms with E-state index in [4.69, 9.17) is 4.74 Å². The summed E-state index contributed by atoms with van der Waals surface area (Å²) in [5.41, 5.74) is 1.22. The predicted octanol–water partition coefficient (Wildman–Crippen LogP) is 2.98. The van der Waals surface area contributed by atoms with Gasteiger partial charge < -0.3 is 14.6 Å². The van der Waals surface area contributed by atoms with Crippen LogP contribution in [0.5, 0.6) is 0 Å². The Hall–Kier alpha value is -1.86. The summed E-state index contributed by atoms with van der Waals surface area (Å²) in [5, 5.41) is 12.4. The van der Waals surface area contributed by atoms with Crippen molar-refractivity contribution < 1.29 is 9.53 Å². The first-order valence-corrected chi connectivity index (χ1v) is 10.6. The monoisotopic (exact) mass is 386 g/mol. The first-order valence-electron chi connectivity index (χ1n) is 9.73. The highest BCUT2D eigenvalue weighted by Gasteiger charge is 2.31. The molecule has 0 bridgehead atoms. The van der Waals surface area contributed by atoms with E-state index in [2.05, 4.69) is 32.2 Å². The molecule has 1 aromatic carbocycles. The number of carbonyl (C=O) groups is 1. The van der Waals surface area contributed by atoms with Crippen LogP contribution in [0.25, 0.3) is 0 Å². The van der Waals surface area contributed by atoms with Crippen molar-refractivity contribution in [3.8, 4) is 0 Å². The minimum atomic E-state index is -0.225. The van der Waals surface area contributed by atoms with E-state index in [1.807, 2.05) is 25.1 Å². The fourth-order valence-corrected chi connectivity index (χ4v) is 4.20. The highest BCUT2D eigenvalue weighted by Crippen LogP contribution is 2.40. The molecule has 2 fully saturated rings. The molecule has 2 heterocycles. The Kier molecular flexibility index (Phi) is 5.78. The molecule has 144 valence electrons. The maximum atomic E-state index is 12.5. The van der Waals surface area contributed by atoms with Gasteiger partial charge in [-0.1, -0.05) is 42.1 Å². The number of amides is 1. The van der Waals surface area contributed by atoms with Gasteiger partial charge in [-0.2, -0.15) is 0 Å². The molecule has 2 aliphatic rings. The van der Waals surface area contributed by atoms with Gasteiger partial charge in [0.05, 0.1) is 17.9 Å². The number of nitrogens with one attached hydrogen (secondary N) is 1. The van der Waals surface area contributed by atoms with Gasteiger partial charge in [0, 0.05) is 19.1 Å². The molecule has 1 aromatic heterocycles. The van der Waals surface area contributed by atoms with Gasteiger partial charge in [0.15, 0.2) is 5.16 Å². The van der Waals surface area contributed by atoms with Gasteiger partial charge in [-0.05, 0) is 38.2 Å². The molecular formula is C20H26N4O2S. The summed E-state index contributed by atoms with van der Waals surface area (Å²) in [6.45, 7) is 4.06. The zero-order valence-corrected chi connectivity index (χ0v) is 16.5. The quantitative estimate of drug-likeness (QED) is 0.707. The van der Waals surface area contributed by atoms with Crippen LogP contribution in [0.2, 0.25) is 0 Å². The second-order valence-corrected chi connectivity index (χ2v) is 8.64. The zero-order valence-electron chi connectivity index (χ0n) is 15.6. The number of hydrogen-bond donors (Lipinski definition) is 1.